The summed E-state index contributed by atoms with van der Waals surface area (Å²) in [6.07, 6.45) is 0. The van der Waals surface area contributed by atoms with E-state index in [0.29, 0.717) is 23.1 Å². The van der Waals surface area contributed by atoms with Crippen LogP contribution in [-0.4, -0.2) is 15.0 Å². The summed E-state index contributed by atoms with van der Waals surface area (Å²) in [4.78, 5) is 38.4. The fourth-order valence-electron chi connectivity index (χ4n) is 3.15. The second-order valence-electron chi connectivity index (χ2n) is 7.20. The zero-order valence-electron chi connectivity index (χ0n) is 16.0. The van der Waals surface area contributed by atoms with Gasteiger partial charge >= 0.3 is 5.69 Å². The minimum absolute atomic E-state index is 0.124. The maximum absolute atomic E-state index is 13.0. The highest BCUT2D eigenvalue weighted by Gasteiger charge is 2.16. The first kappa shape index (κ1) is 20.1. The highest BCUT2D eigenvalue weighted by molar-refractivity contribution is 9.10. The van der Waals surface area contributed by atoms with Gasteiger partial charge in [0.05, 0.1) is 10.9 Å². The van der Waals surface area contributed by atoms with Gasteiger partial charge in [0, 0.05) is 16.7 Å². The number of hydrogen-bond acceptors (Lipinski definition) is 3. The van der Waals surface area contributed by atoms with Crippen molar-refractivity contribution < 1.29 is 4.79 Å². The van der Waals surface area contributed by atoms with Crippen LogP contribution in [0.15, 0.2) is 56.5 Å². The van der Waals surface area contributed by atoms with Crippen molar-refractivity contribution in [3.05, 3.63) is 73.3 Å². The van der Waals surface area contributed by atoms with Crippen LogP contribution in [0.2, 0.25) is 0 Å². The second-order valence-corrected chi connectivity index (χ2v) is 8.12. The molecule has 0 atom stereocenters. The van der Waals surface area contributed by atoms with E-state index >= 15 is 0 Å². The zero-order chi connectivity index (χ0) is 20.4. The van der Waals surface area contributed by atoms with Gasteiger partial charge in [-0.2, -0.15) is 0 Å². The first-order valence-corrected chi connectivity index (χ1v) is 9.85. The lowest BCUT2D eigenvalue weighted by molar-refractivity contribution is -0.116. The van der Waals surface area contributed by atoms with Crippen LogP contribution in [0.1, 0.15) is 19.4 Å². The van der Waals surface area contributed by atoms with Gasteiger partial charge in [0.1, 0.15) is 6.54 Å². The number of rotatable bonds is 5. The molecule has 0 bridgehead atoms. The summed E-state index contributed by atoms with van der Waals surface area (Å²) >= 11 is 3.40. The van der Waals surface area contributed by atoms with Gasteiger partial charge in [0.25, 0.3) is 5.56 Å². The molecule has 146 valence electrons. The van der Waals surface area contributed by atoms with Crippen molar-refractivity contribution in [2.45, 2.75) is 33.9 Å². The van der Waals surface area contributed by atoms with Gasteiger partial charge in [-0.25, -0.2) is 4.79 Å². The van der Waals surface area contributed by atoms with E-state index in [4.69, 9.17) is 0 Å². The standard InChI is InChI=1S/C21H22BrN3O3/c1-13(2)11-25-20(27)16-6-4-5-7-18(16)24(21(25)28)12-19(26)23-17-9-8-15(22)10-14(17)3/h4-10,13H,11-12H2,1-3H3,(H,23,26). The third kappa shape index (κ3) is 4.09. The molecule has 0 radical (unpaired) electrons. The molecule has 0 saturated heterocycles. The molecule has 0 saturated carbocycles. The lowest BCUT2D eigenvalue weighted by Crippen LogP contribution is -2.42. The molecule has 3 aromatic rings. The van der Waals surface area contributed by atoms with Crippen LogP contribution < -0.4 is 16.6 Å². The molecule has 1 heterocycles. The zero-order valence-corrected chi connectivity index (χ0v) is 17.6. The Kier molecular flexibility index (Phi) is 5.84. The molecule has 0 unspecified atom stereocenters. The number of carbonyl (C=O) groups excluding carboxylic acids is 1. The third-order valence-electron chi connectivity index (χ3n) is 4.44. The summed E-state index contributed by atoms with van der Waals surface area (Å²) in [5, 5.41) is 3.27. The number of aromatic nitrogens is 2. The highest BCUT2D eigenvalue weighted by Crippen LogP contribution is 2.20. The number of fused-ring (bicyclic) bond motifs is 1. The average molecular weight is 444 g/mol. The smallest absolute Gasteiger partial charge is 0.324 e. The fraction of sp³-hybridized carbons (Fsp3) is 0.286. The predicted molar refractivity (Wildman–Crippen MR) is 115 cm³/mol. The largest absolute Gasteiger partial charge is 0.331 e. The number of aryl methyl sites for hydroxylation is 1. The van der Waals surface area contributed by atoms with Crippen LogP contribution in [0.5, 0.6) is 0 Å². The molecule has 0 fully saturated rings. The maximum atomic E-state index is 13.0. The highest BCUT2D eigenvalue weighted by atomic mass is 79.9. The molecular weight excluding hydrogens is 422 g/mol. The molecule has 0 aliphatic heterocycles. The van der Waals surface area contributed by atoms with Crippen LogP contribution in [0.4, 0.5) is 5.69 Å². The van der Waals surface area contributed by atoms with E-state index in [1.54, 1.807) is 30.3 Å². The Balaban J connectivity index is 2.03. The van der Waals surface area contributed by atoms with E-state index in [-0.39, 0.29) is 23.9 Å². The molecule has 1 amide bonds. The minimum atomic E-state index is -0.472. The summed E-state index contributed by atoms with van der Waals surface area (Å²) < 4.78 is 3.50. The van der Waals surface area contributed by atoms with Crippen molar-refractivity contribution in [1.29, 1.82) is 0 Å². The molecule has 1 N–H and O–H groups in total. The first-order valence-electron chi connectivity index (χ1n) is 9.06. The predicted octanol–water partition coefficient (Wildman–Crippen LogP) is 3.53. The van der Waals surface area contributed by atoms with Crippen molar-refractivity contribution in [2.24, 2.45) is 5.92 Å². The Bertz CT molecular complexity index is 1160. The van der Waals surface area contributed by atoms with E-state index < -0.39 is 5.69 Å². The second kappa shape index (κ2) is 8.14. The van der Waals surface area contributed by atoms with Gasteiger partial charge < -0.3 is 5.32 Å². The fourth-order valence-corrected chi connectivity index (χ4v) is 3.63. The van der Waals surface area contributed by atoms with Crippen molar-refractivity contribution >= 4 is 38.4 Å². The molecule has 0 spiro atoms. The number of nitrogens with one attached hydrogen (secondary N) is 1. The van der Waals surface area contributed by atoms with E-state index in [1.165, 1.54) is 9.13 Å². The number of para-hydroxylation sites is 1. The SMILES string of the molecule is Cc1cc(Br)ccc1NC(=O)Cn1c(=O)n(CC(C)C)c(=O)c2ccccc21. The van der Waals surface area contributed by atoms with Gasteiger partial charge in [0.2, 0.25) is 5.91 Å². The number of carbonyl (C=O) groups is 1. The summed E-state index contributed by atoms with van der Waals surface area (Å²) in [7, 11) is 0. The Hall–Kier alpha value is -2.67. The van der Waals surface area contributed by atoms with Crippen molar-refractivity contribution in [1.82, 2.24) is 9.13 Å². The molecule has 3 rings (SSSR count). The summed E-state index contributed by atoms with van der Waals surface area (Å²) in [5.41, 5.74) is 1.25. The van der Waals surface area contributed by atoms with Crippen molar-refractivity contribution in [3.63, 3.8) is 0 Å². The third-order valence-corrected chi connectivity index (χ3v) is 4.94. The normalized spacial score (nSPS) is 11.2. The Morgan fingerprint density at radius 1 is 1.11 bits per heavy atom. The average Bonchev–Trinajstić information content (AvgIpc) is 2.64. The van der Waals surface area contributed by atoms with Crippen LogP contribution in [0, 0.1) is 12.8 Å². The molecule has 7 heteroatoms. The lowest BCUT2D eigenvalue weighted by atomic mass is 10.2. The number of halogens is 1. The van der Waals surface area contributed by atoms with Crippen LogP contribution in [-0.2, 0) is 17.9 Å². The minimum Gasteiger partial charge on any atom is -0.324 e. The number of hydrogen-bond donors (Lipinski definition) is 1. The van der Waals surface area contributed by atoms with Gasteiger partial charge in [-0.3, -0.25) is 18.7 Å². The van der Waals surface area contributed by atoms with Gasteiger partial charge in [-0.1, -0.05) is 41.9 Å². The number of benzene rings is 2. The molecule has 2 aromatic carbocycles. The molecule has 28 heavy (non-hydrogen) atoms. The molecule has 1 aromatic heterocycles. The van der Waals surface area contributed by atoms with Crippen molar-refractivity contribution in [2.75, 3.05) is 5.32 Å². The van der Waals surface area contributed by atoms with Crippen molar-refractivity contribution in [3.8, 4) is 0 Å². The number of anilines is 1. The van der Waals surface area contributed by atoms with E-state index in [0.717, 1.165) is 10.0 Å². The quantitative estimate of drug-likeness (QED) is 0.655. The summed E-state index contributed by atoms with van der Waals surface area (Å²) in [6.45, 7) is 5.90. The monoisotopic (exact) mass is 443 g/mol. The molecule has 6 nitrogen and oxygen atoms in total. The Morgan fingerprint density at radius 2 is 1.82 bits per heavy atom. The maximum Gasteiger partial charge on any atom is 0.331 e. The van der Waals surface area contributed by atoms with Crippen LogP contribution >= 0.6 is 15.9 Å². The lowest BCUT2D eigenvalue weighted by Gasteiger charge is -2.15. The van der Waals surface area contributed by atoms with Gasteiger partial charge in [-0.05, 0) is 48.7 Å². The first-order chi connectivity index (χ1) is 13.3. The van der Waals surface area contributed by atoms with E-state index in [2.05, 4.69) is 21.2 Å². The van der Waals surface area contributed by atoms with Crippen LogP contribution in [0.25, 0.3) is 10.9 Å². The topological polar surface area (TPSA) is 73.1 Å². The summed E-state index contributed by atoms with van der Waals surface area (Å²) in [6, 6.07) is 12.4. The number of nitrogens with zero attached hydrogens (tertiary/aromatic N) is 2. The Labute approximate surface area is 170 Å². The molecule has 0 aliphatic carbocycles. The summed E-state index contributed by atoms with van der Waals surface area (Å²) in [5.74, 6) is -0.202. The van der Waals surface area contributed by atoms with Gasteiger partial charge in [-0.15, -0.1) is 0 Å². The number of amides is 1. The van der Waals surface area contributed by atoms with E-state index in [1.807, 2.05) is 32.9 Å². The Morgan fingerprint density at radius 3 is 2.50 bits per heavy atom. The van der Waals surface area contributed by atoms with Crippen LogP contribution in [0.3, 0.4) is 0 Å². The molecule has 0 aliphatic rings. The molecular formula is C21H22BrN3O3. The van der Waals surface area contributed by atoms with Gasteiger partial charge in [0.15, 0.2) is 0 Å². The van der Waals surface area contributed by atoms with E-state index in [9.17, 15) is 14.4 Å².